The number of nitro groups is 1. The van der Waals surface area contributed by atoms with Crippen LogP contribution in [-0.2, 0) is 6.42 Å². The van der Waals surface area contributed by atoms with Crippen molar-refractivity contribution in [3.05, 3.63) is 44.8 Å². The van der Waals surface area contributed by atoms with E-state index in [2.05, 4.69) is 11.9 Å². The summed E-state index contributed by atoms with van der Waals surface area (Å²) >= 11 is 1.61. The maximum Gasteiger partial charge on any atom is 0.269 e. The molecule has 0 aliphatic rings. The van der Waals surface area contributed by atoms with Crippen LogP contribution < -0.4 is 0 Å². The molecule has 4 nitrogen and oxygen atoms in total. The highest BCUT2D eigenvalue weighted by Crippen LogP contribution is 2.24. The van der Waals surface area contributed by atoms with Gasteiger partial charge >= 0.3 is 0 Å². The van der Waals surface area contributed by atoms with Gasteiger partial charge in [0.05, 0.1) is 15.6 Å². The van der Waals surface area contributed by atoms with Gasteiger partial charge in [0.15, 0.2) is 0 Å². The van der Waals surface area contributed by atoms with Gasteiger partial charge in [0.1, 0.15) is 0 Å². The molecule has 82 valence electrons. The van der Waals surface area contributed by atoms with Crippen molar-refractivity contribution < 1.29 is 4.92 Å². The number of aryl methyl sites for hydroxylation is 1. The Morgan fingerprint density at radius 3 is 2.56 bits per heavy atom. The normalized spacial score (nSPS) is 10.3. The second-order valence-corrected chi connectivity index (χ2v) is 4.23. The molecule has 5 heteroatoms. The molecule has 0 aliphatic heterocycles. The standard InChI is InChI=1S/C11H10N2O2S/c1-2-11-12-10(7-16-11)8-3-5-9(6-4-8)13(14)15/h3-7H,2H2,1H3. The van der Waals surface area contributed by atoms with E-state index in [1.54, 1.807) is 23.5 Å². The van der Waals surface area contributed by atoms with E-state index < -0.39 is 4.92 Å². The highest BCUT2D eigenvalue weighted by molar-refractivity contribution is 7.09. The third kappa shape index (κ3) is 2.09. The minimum Gasteiger partial charge on any atom is -0.258 e. The molecular weight excluding hydrogens is 224 g/mol. The first kappa shape index (κ1) is 10.8. The average molecular weight is 234 g/mol. The van der Waals surface area contributed by atoms with Crippen LogP contribution in [0, 0.1) is 10.1 Å². The minimum absolute atomic E-state index is 0.106. The summed E-state index contributed by atoms with van der Waals surface area (Å²) in [6.45, 7) is 2.05. The van der Waals surface area contributed by atoms with Crippen molar-refractivity contribution in [3.63, 3.8) is 0 Å². The topological polar surface area (TPSA) is 56.0 Å². The molecule has 0 fully saturated rings. The van der Waals surface area contributed by atoms with Crippen LogP contribution in [0.5, 0.6) is 0 Å². The molecule has 0 radical (unpaired) electrons. The smallest absolute Gasteiger partial charge is 0.258 e. The van der Waals surface area contributed by atoms with E-state index in [4.69, 9.17) is 0 Å². The van der Waals surface area contributed by atoms with E-state index in [0.29, 0.717) is 0 Å². The number of hydrogen-bond donors (Lipinski definition) is 0. The van der Waals surface area contributed by atoms with Crippen LogP contribution in [0.1, 0.15) is 11.9 Å². The Bertz CT molecular complexity index is 505. The minimum atomic E-state index is -0.400. The molecule has 1 aromatic carbocycles. The van der Waals surface area contributed by atoms with Gasteiger partial charge in [-0.25, -0.2) is 4.98 Å². The first-order chi connectivity index (χ1) is 7.70. The summed E-state index contributed by atoms with van der Waals surface area (Å²) in [7, 11) is 0. The van der Waals surface area contributed by atoms with Gasteiger partial charge in [-0.2, -0.15) is 0 Å². The second kappa shape index (κ2) is 4.40. The highest BCUT2D eigenvalue weighted by atomic mass is 32.1. The van der Waals surface area contributed by atoms with E-state index in [1.165, 1.54) is 12.1 Å². The molecule has 0 atom stereocenters. The summed E-state index contributed by atoms with van der Waals surface area (Å²) in [5.74, 6) is 0. The van der Waals surface area contributed by atoms with Crippen LogP contribution in [-0.4, -0.2) is 9.91 Å². The van der Waals surface area contributed by atoms with Crippen molar-refractivity contribution in [2.45, 2.75) is 13.3 Å². The molecule has 2 aromatic rings. The van der Waals surface area contributed by atoms with Gasteiger partial charge < -0.3 is 0 Å². The number of nitrogens with zero attached hydrogens (tertiary/aromatic N) is 2. The first-order valence-corrected chi connectivity index (χ1v) is 5.78. The lowest BCUT2D eigenvalue weighted by Crippen LogP contribution is -1.87. The zero-order chi connectivity index (χ0) is 11.5. The monoisotopic (exact) mass is 234 g/mol. The lowest BCUT2D eigenvalue weighted by molar-refractivity contribution is -0.384. The van der Waals surface area contributed by atoms with Crippen molar-refractivity contribution in [2.24, 2.45) is 0 Å². The number of benzene rings is 1. The number of hydrogen-bond acceptors (Lipinski definition) is 4. The first-order valence-electron chi connectivity index (χ1n) is 4.90. The van der Waals surface area contributed by atoms with Crippen LogP contribution in [0.4, 0.5) is 5.69 Å². The zero-order valence-corrected chi connectivity index (χ0v) is 9.53. The van der Waals surface area contributed by atoms with Gasteiger partial charge in [0, 0.05) is 23.1 Å². The summed E-state index contributed by atoms with van der Waals surface area (Å²) in [4.78, 5) is 14.5. The summed E-state index contributed by atoms with van der Waals surface area (Å²) in [5.41, 5.74) is 1.91. The molecule has 0 N–H and O–H groups in total. The van der Waals surface area contributed by atoms with Gasteiger partial charge in [0.2, 0.25) is 0 Å². The van der Waals surface area contributed by atoms with Gasteiger partial charge in [-0.1, -0.05) is 6.92 Å². The number of nitro benzene ring substituents is 1. The maximum atomic E-state index is 10.5. The van der Waals surface area contributed by atoms with Crippen LogP contribution in [0.2, 0.25) is 0 Å². The van der Waals surface area contributed by atoms with Crippen LogP contribution >= 0.6 is 11.3 Å². The van der Waals surface area contributed by atoms with E-state index in [1.807, 2.05) is 5.38 Å². The zero-order valence-electron chi connectivity index (χ0n) is 8.71. The Labute approximate surface area is 96.7 Å². The van der Waals surface area contributed by atoms with Crippen molar-refractivity contribution in [1.29, 1.82) is 0 Å². The van der Waals surface area contributed by atoms with E-state index >= 15 is 0 Å². The highest BCUT2D eigenvalue weighted by Gasteiger charge is 2.07. The van der Waals surface area contributed by atoms with Crippen LogP contribution in [0.3, 0.4) is 0 Å². The SMILES string of the molecule is CCc1nc(-c2ccc([N+](=O)[O-])cc2)cs1. The van der Waals surface area contributed by atoms with Gasteiger partial charge in [-0.3, -0.25) is 10.1 Å². The molecule has 0 bridgehead atoms. The van der Waals surface area contributed by atoms with E-state index in [9.17, 15) is 10.1 Å². The fraction of sp³-hybridized carbons (Fsp3) is 0.182. The third-order valence-electron chi connectivity index (χ3n) is 2.23. The van der Waals surface area contributed by atoms with Crippen molar-refractivity contribution in [3.8, 4) is 11.3 Å². The fourth-order valence-corrected chi connectivity index (χ4v) is 2.11. The molecule has 0 saturated carbocycles. The summed E-state index contributed by atoms with van der Waals surface area (Å²) in [6.07, 6.45) is 0.914. The molecule has 0 unspecified atom stereocenters. The molecule has 16 heavy (non-hydrogen) atoms. The molecule has 1 aromatic heterocycles. The number of rotatable bonds is 3. The fourth-order valence-electron chi connectivity index (χ4n) is 1.36. The van der Waals surface area contributed by atoms with Crippen molar-refractivity contribution >= 4 is 17.0 Å². The summed E-state index contributed by atoms with van der Waals surface area (Å²) < 4.78 is 0. The Morgan fingerprint density at radius 2 is 2.06 bits per heavy atom. The summed E-state index contributed by atoms with van der Waals surface area (Å²) in [5, 5.41) is 13.5. The number of aromatic nitrogens is 1. The van der Waals surface area contributed by atoms with Crippen LogP contribution in [0.25, 0.3) is 11.3 Å². The Hall–Kier alpha value is -1.75. The van der Waals surface area contributed by atoms with Gasteiger partial charge in [-0.15, -0.1) is 11.3 Å². The van der Waals surface area contributed by atoms with E-state index in [0.717, 1.165) is 22.7 Å². The Balaban J connectivity index is 2.30. The predicted octanol–water partition coefficient (Wildman–Crippen LogP) is 3.28. The maximum absolute atomic E-state index is 10.5. The van der Waals surface area contributed by atoms with Gasteiger partial charge in [-0.05, 0) is 18.6 Å². The lowest BCUT2D eigenvalue weighted by atomic mass is 10.1. The molecule has 1 heterocycles. The predicted molar refractivity (Wildman–Crippen MR) is 63.6 cm³/mol. The van der Waals surface area contributed by atoms with E-state index in [-0.39, 0.29) is 5.69 Å². The van der Waals surface area contributed by atoms with Crippen molar-refractivity contribution in [2.75, 3.05) is 0 Å². The number of non-ortho nitro benzene ring substituents is 1. The second-order valence-electron chi connectivity index (χ2n) is 3.28. The molecule has 0 saturated heterocycles. The molecule has 0 amide bonds. The number of thiazole rings is 1. The Morgan fingerprint density at radius 1 is 1.38 bits per heavy atom. The quantitative estimate of drug-likeness (QED) is 0.605. The average Bonchev–Trinajstić information content (AvgIpc) is 2.77. The molecule has 0 aliphatic carbocycles. The molecular formula is C11H10N2O2S. The van der Waals surface area contributed by atoms with Crippen LogP contribution in [0.15, 0.2) is 29.6 Å². The Kier molecular flexibility index (Phi) is 2.96. The largest absolute Gasteiger partial charge is 0.269 e. The van der Waals surface area contributed by atoms with Crippen molar-refractivity contribution in [1.82, 2.24) is 4.98 Å². The lowest BCUT2D eigenvalue weighted by Gasteiger charge is -1.95. The third-order valence-corrected chi connectivity index (χ3v) is 3.22. The summed E-state index contributed by atoms with van der Waals surface area (Å²) in [6, 6.07) is 6.46. The van der Waals surface area contributed by atoms with Gasteiger partial charge in [0.25, 0.3) is 5.69 Å². The molecule has 0 spiro atoms. The molecule has 2 rings (SSSR count).